The van der Waals surface area contributed by atoms with Crippen molar-refractivity contribution in [1.82, 2.24) is 20.5 Å². The van der Waals surface area contributed by atoms with Crippen LogP contribution in [-0.2, 0) is 37.1 Å². The molecule has 0 saturated carbocycles. The Hall–Kier alpha value is -7.44. The highest BCUT2D eigenvalue weighted by Crippen LogP contribution is 2.32. The molecule has 0 radical (unpaired) electrons. The molecule has 0 aliphatic carbocycles. The van der Waals surface area contributed by atoms with Crippen LogP contribution in [0.25, 0.3) is 10.2 Å². The van der Waals surface area contributed by atoms with Gasteiger partial charge in [0, 0.05) is 40.9 Å². The number of amides is 2. The number of anilines is 1. The number of amidine groups is 2. The van der Waals surface area contributed by atoms with E-state index >= 15 is 4.39 Å². The van der Waals surface area contributed by atoms with E-state index in [4.69, 9.17) is 37.6 Å². The number of allylic oxidation sites excluding steroid dienone is 1. The minimum Gasteiger partial charge on any atom is -0.491 e. The largest absolute Gasteiger partial charge is 0.491 e. The standard InChI is InChI=1S/C46H51FN8O4S2.C7H14N2O2.C4H11N.CH3NO/c1-7-24-58-29-34-27-35(50-3)20-19-33(34)28-55(5,6)23-11-13-32-18-21-39(37(47)26-32)59-25-12-17-41(42(51-4)45(56)57)60-30-54-22-10-14-36(44(54)49)31(2)43(48)53-46-52-38-15-8-9-16-40(38)61-46;1-5(2)6(8)7(11)9-3-4-10;1-3-4-5-2;2-1-3/h1,8-9,15-16,18-21,26-27,49-50H,4,10,12,14,17,22-25,28-30H2,2-3,5-6H3,(H2-,48,52,53,56,57);4-6H,3,8H2,1-2H3,(H,9,11);5H,3-4H2,1-2H3;1H,(H2,2,3)/p+1/b36-31-,42-41-,49-44?;;;. The summed E-state index contributed by atoms with van der Waals surface area (Å²) >= 11 is 2.73. The number of piperidine rings is 1. The first-order chi connectivity index (χ1) is 38.2. The molecule has 3 aromatic carbocycles. The second-order valence-electron chi connectivity index (χ2n) is 18.8. The number of fused-ring (bicyclic) bond motifs is 1. The first-order valence-electron chi connectivity index (χ1n) is 25.8. The van der Waals surface area contributed by atoms with E-state index in [1.54, 1.807) is 12.1 Å². The number of hydrogen-bond acceptors (Lipinski definition) is 15. The van der Waals surface area contributed by atoms with Gasteiger partial charge in [-0.3, -0.25) is 20.0 Å². The number of halogens is 1. The van der Waals surface area contributed by atoms with Crippen LogP contribution in [0.5, 0.6) is 5.75 Å². The number of thiazole rings is 1. The maximum absolute atomic E-state index is 15.2. The summed E-state index contributed by atoms with van der Waals surface area (Å²) in [7, 11) is 8.00. The number of terminal acetylenes is 1. The van der Waals surface area contributed by atoms with E-state index in [1.807, 2.05) is 70.1 Å². The minimum atomic E-state index is -1.20. The molecule has 80 heavy (non-hydrogen) atoms. The molecule has 2 amide bonds. The van der Waals surface area contributed by atoms with Crippen molar-refractivity contribution >= 4 is 87.1 Å². The average Bonchev–Trinajstić information content (AvgIpc) is 3.85. The molecule has 1 aliphatic heterocycles. The molecular weight excluding hydrogens is 1060 g/mol. The van der Waals surface area contributed by atoms with E-state index in [9.17, 15) is 19.5 Å². The van der Waals surface area contributed by atoms with E-state index in [0.717, 1.165) is 45.6 Å². The Morgan fingerprint density at radius 2 is 1.86 bits per heavy atom. The van der Waals surface area contributed by atoms with Crippen LogP contribution < -0.4 is 37.9 Å². The van der Waals surface area contributed by atoms with Gasteiger partial charge in [-0.2, -0.15) is 0 Å². The lowest BCUT2D eigenvalue weighted by Gasteiger charge is -2.32. The lowest BCUT2D eigenvalue weighted by molar-refractivity contribution is -0.896. The molecule has 1 unspecified atom stereocenters. The minimum absolute atomic E-state index is 0.0409. The summed E-state index contributed by atoms with van der Waals surface area (Å²) in [4.78, 5) is 56.8. The molecule has 4 aromatic rings. The van der Waals surface area contributed by atoms with Crippen molar-refractivity contribution < 1.29 is 42.6 Å². The van der Waals surface area contributed by atoms with Crippen molar-refractivity contribution in [2.24, 2.45) is 33.1 Å². The summed E-state index contributed by atoms with van der Waals surface area (Å²) in [6, 6.07) is 18.0. The number of carbonyl (C=O) groups excluding carboxylic acids is 3. The molecule has 0 bridgehead atoms. The third-order valence-electron chi connectivity index (χ3n) is 11.7. The van der Waals surface area contributed by atoms with Gasteiger partial charge in [0.15, 0.2) is 17.3 Å². The Balaban J connectivity index is 0.000000984. The fourth-order valence-electron chi connectivity index (χ4n) is 7.39. The number of hydrogen-bond donors (Lipinski definition) is 8. The first-order valence-corrected chi connectivity index (χ1v) is 27.7. The van der Waals surface area contributed by atoms with E-state index in [1.165, 1.54) is 35.6 Å². The Labute approximate surface area is 479 Å². The van der Waals surface area contributed by atoms with Crippen LogP contribution >= 0.6 is 23.1 Å². The zero-order valence-corrected chi connectivity index (χ0v) is 49.0. The summed E-state index contributed by atoms with van der Waals surface area (Å²) in [5, 5.41) is 28.0. The van der Waals surface area contributed by atoms with Crippen molar-refractivity contribution in [1.29, 1.82) is 5.41 Å². The predicted octanol–water partition coefficient (Wildman–Crippen LogP) is 7.18. The molecule has 1 aromatic heterocycles. The zero-order chi connectivity index (χ0) is 59.6. The van der Waals surface area contributed by atoms with Gasteiger partial charge in [-0.1, -0.05) is 62.1 Å². The number of aldehydes is 1. The summed E-state index contributed by atoms with van der Waals surface area (Å²) < 4.78 is 28.2. The number of rotatable bonds is 25. The topological polar surface area (TPSA) is 286 Å². The van der Waals surface area contributed by atoms with Gasteiger partial charge in [0.1, 0.15) is 37.7 Å². The molecule has 0 spiro atoms. The number of thioether (sulfide) groups is 1. The normalized spacial score (nSPS) is 13.4. The first kappa shape index (κ1) is 68.7. The number of quaternary nitrogens is 1. The molecule has 2 heterocycles. The van der Waals surface area contributed by atoms with Crippen LogP contribution in [0, 0.1) is 41.3 Å². The van der Waals surface area contributed by atoms with Crippen LogP contribution in [0.3, 0.4) is 0 Å². The number of primary amides is 1. The number of carboxylic acids is 1. The van der Waals surface area contributed by atoms with Crippen LogP contribution in [0.2, 0.25) is 0 Å². The Kier molecular flexibility index (Phi) is 32.1. The quantitative estimate of drug-likeness (QED) is 0.00621. The predicted molar refractivity (Wildman–Crippen MR) is 323 cm³/mol. The van der Waals surface area contributed by atoms with Crippen LogP contribution in [-0.4, -0.2) is 142 Å². The van der Waals surface area contributed by atoms with Gasteiger partial charge in [0.25, 0.3) is 0 Å². The zero-order valence-electron chi connectivity index (χ0n) is 47.3. The number of aromatic nitrogens is 1. The number of para-hydroxylation sites is 1. The second-order valence-corrected chi connectivity index (χ2v) is 20.8. The highest BCUT2D eigenvalue weighted by atomic mass is 32.2. The van der Waals surface area contributed by atoms with E-state index < -0.39 is 17.8 Å². The van der Waals surface area contributed by atoms with Crippen LogP contribution in [0.4, 0.5) is 15.2 Å². The van der Waals surface area contributed by atoms with Crippen molar-refractivity contribution in [2.75, 3.05) is 78.8 Å². The maximum Gasteiger partial charge on any atom is 0.355 e. The number of nitrogens with two attached hydrogens (primary N) is 3. The van der Waals surface area contributed by atoms with Crippen molar-refractivity contribution in [3.05, 3.63) is 105 Å². The molecule has 22 heteroatoms. The summed E-state index contributed by atoms with van der Waals surface area (Å²) in [5.74, 6) is 7.87. The molecule has 432 valence electrons. The van der Waals surface area contributed by atoms with Gasteiger partial charge >= 0.3 is 5.97 Å². The summed E-state index contributed by atoms with van der Waals surface area (Å²) in [6.45, 7) is 15.0. The lowest BCUT2D eigenvalue weighted by atomic mass is 9.98. The van der Waals surface area contributed by atoms with Crippen molar-refractivity contribution in [3.8, 4) is 29.9 Å². The van der Waals surface area contributed by atoms with Gasteiger partial charge in [0.2, 0.25) is 17.4 Å². The average molecular weight is 1140 g/mol. The number of aliphatic carboxylic acids is 1. The number of nitrogens with zero attached hydrogens (tertiary/aromatic N) is 5. The molecule has 19 nitrogen and oxygen atoms in total. The number of ether oxygens (including phenoxy) is 2. The van der Waals surface area contributed by atoms with Gasteiger partial charge in [0.05, 0.1) is 56.0 Å². The monoisotopic (exact) mass is 1140 g/mol. The number of carbonyl (C=O) groups is 4. The molecule has 5 rings (SSSR count). The summed E-state index contributed by atoms with van der Waals surface area (Å²) in [5.41, 5.74) is 21.9. The highest BCUT2D eigenvalue weighted by Gasteiger charge is 2.25. The molecule has 11 N–H and O–H groups in total. The van der Waals surface area contributed by atoms with E-state index in [0.29, 0.717) is 95.0 Å². The second kappa shape index (κ2) is 37.4. The third-order valence-corrected chi connectivity index (χ3v) is 13.8. The molecule has 1 saturated heterocycles. The number of nitrogens with one attached hydrogen (secondary N) is 4. The Morgan fingerprint density at radius 1 is 1.14 bits per heavy atom. The lowest BCUT2D eigenvalue weighted by Crippen LogP contribution is -2.44. The Morgan fingerprint density at radius 3 is 2.46 bits per heavy atom. The highest BCUT2D eigenvalue weighted by molar-refractivity contribution is 8.03. The number of carboxylic acid groups (broad SMARTS) is 1. The van der Waals surface area contributed by atoms with Crippen LogP contribution in [0.15, 0.2) is 92.4 Å². The smallest absolute Gasteiger partial charge is 0.355 e. The molecule has 1 atom stereocenters. The molecule has 1 aliphatic rings. The molecule has 1 fully saturated rings. The van der Waals surface area contributed by atoms with Gasteiger partial charge in [-0.25, -0.2) is 19.2 Å². The number of benzene rings is 3. The van der Waals surface area contributed by atoms with Gasteiger partial charge in [-0.15, -0.1) is 18.2 Å². The van der Waals surface area contributed by atoms with E-state index in [-0.39, 0.29) is 49.4 Å². The number of aliphatic imine (C=N–C) groups is 2. The van der Waals surface area contributed by atoms with Crippen molar-refractivity contribution in [2.45, 2.75) is 79.0 Å². The maximum atomic E-state index is 15.2. The van der Waals surface area contributed by atoms with Gasteiger partial charge < -0.3 is 61.9 Å². The van der Waals surface area contributed by atoms with Crippen molar-refractivity contribution in [3.63, 3.8) is 0 Å². The fourth-order valence-corrected chi connectivity index (χ4v) is 9.38. The number of likely N-dealkylation sites (tertiary alicyclic amines) is 1. The Bertz CT molecular complexity index is 2850. The fraction of sp³-hybridized carbons (Fsp3) is 0.414. The SMILES string of the molecule is C#CCOCc1cc(NC)ccc1C[N+](C)(C)CC#Cc1ccc(OCCC/C(SCN2CCC/C(=C(C)/C(N)=N/c3nc4ccccc4s3)C2=N)=C(/N=C)C(=O)O)c(F)c1.CC(C)C(N)C(=O)NCC=O.CCCNC.NC=O. The summed E-state index contributed by atoms with van der Waals surface area (Å²) in [6.07, 6.45) is 9.61. The van der Waals surface area contributed by atoms with Gasteiger partial charge in [-0.05, 0) is 125 Å². The van der Waals surface area contributed by atoms with Crippen LogP contribution in [0.1, 0.15) is 76.5 Å². The molecular formula is C58H80FN12O7S2+. The van der Waals surface area contributed by atoms with E-state index in [2.05, 4.69) is 94.3 Å². The third kappa shape index (κ3) is 24.3.